The van der Waals surface area contributed by atoms with Crippen molar-refractivity contribution in [1.29, 1.82) is 0 Å². The predicted molar refractivity (Wildman–Crippen MR) is 66.5 cm³/mol. The zero-order valence-electron chi connectivity index (χ0n) is 11.0. The van der Waals surface area contributed by atoms with Crippen LogP contribution in [0.25, 0.3) is 0 Å². The normalized spacial score (nSPS) is 16.1. The van der Waals surface area contributed by atoms with Crippen molar-refractivity contribution in [2.75, 3.05) is 20.2 Å². The van der Waals surface area contributed by atoms with Crippen LogP contribution in [-0.4, -0.2) is 54.4 Å². The first-order valence-corrected chi connectivity index (χ1v) is 6.40. The summed E-state index contributed by atoms with van der Waals surface area (Å²) >= 11 is 0. The summed E-state index contributed by atoms with van der Waals surface area (Å²) in [4.78, 5) is 24.5. The van der Waals surface area contributed by atoms with Crippen molar-refractivity contribution in [2.45, 2.75) is 44.8 Å². The Balaban J connectivity index is 2.38. The Morgan fingerprint density at radius 1 is 1.50 bits per heavy atom. The molecule has 0 aromatic rings. The minimum atomic E-state index is -1.07. The highest BCUT2D eigenvalue weighted by Gasteiger charge is 2.32. The van der Waals surface area contributed by atoms with Crippen molar-refractivity contribution in [3.63, 3.8) is 0 Å². The quantitative estimate of drug-likeness (QED) is 0.682. The molecule has 104 valence electrons. The molecule has 1 atom stereocenters. The lowest BCUT2D eigenvalue weighted by Crippen LogP contribution is -2.46. The average Bonchev–Trinajstić information content (AvgIpc) is 3.14. The molecule has 0 spiro atoms. The zero-order chi connectivity index (χ0) is 13.5. The molecule has 0 radical (unpaired) electrons. The van der Waals surface area contributed by atoms with E-state index in [0.717, 1.165) is 32.2 Å². The summed E-state index contributed by atoms with van der Waals surface area (Å²) in [7, 11) is 1.32. The van der Waals surface area contributed by atoms with Gasteiger partial charge in [-0.1, -0.05) is 13.3 Å². The van der Waals surface area contributed by atoms with Gasteiger partial charge in [0.1, 0.15) is 0 Å². The SMILES string of the molecule is CCCCN(C(=O)NCC(OC)C(=O)O)C1CC1. The van der Waals surface area contributed by atoms with Crippen molar-refractivity contribution in [3.05, 3.63) is 0 Å². The Hall–Kier alpha value is -1.30. The zero-order valence-corrected chi connectivity index (χ0v) is 11.0. The van der Waals surface area contributed by atoms with Crippen LogP contribution >= 0.6 is 0 Å². The number of carbonyl (C=O) groups is 2. The third kappa shape index (κ3) is 4.52. The van der Waals surface area contributed by atoms with Gasteiger partial charge in [-0.3, -0.25) is 0 Å². The first kappa shape index (κ1) is 14.8. The van der Waals surface area contributed by atoms with Crippen LogP contribution in [0.5, 0.6) is 0 Å². The number of aliphatic carboxylic acids is 1. The van der Waals surface area contributed by atoms with Gasteiger partial charge in [-0.15, -0.1) is 0 Å². The number of hydrogen-bond acceptors (Lipinski definition) is 3. The van der Waals surface area contributed by atoms with E-state index in [0.29, 0.717) is 6.04 Å². The lowest BCUT2D eigenvalue weighted by molar-refractivity contribution is -0.148. The molecular formula is C12H22N2O4. The van der Waals surface area contributed by atoms with Crippen LogP contribution < -0.4 is 5.32 Å². The van der Waals surface area contributed by atoms with E-state index in [2.05, 4.69) is 12.2 Å². The number of methoxy groups -OCH3 is 1. The number of rotatable bonds is 8. The van der Waals surface area contributed by atoms with E-state index in [1.165, 1.54) is 7.11 Å². The predicted octanol–water partition coefficient (Wildman–Crippen LogP) is 1.06. The first-order valence-electron chi connectivity index (χ1n) is 6.40. The molecule has 0 aromatic carbocycles. The van der Waals surface area contributed by atoms with E-state index in [-0.39, 0.29) is 12.6 Å². The lowest BCUT2D eigenvalue weighted by atomic mass is 10.3. The maximum atomic E-state index is 11.9. The number of nitrogens with one attached hydrogen (secondary N) is 1. The Morgan fingerprint density at radius 2 is 2.17 bits per heavy atom. The third-order valence-electron chi connectivity index (χ3n) is 3.00. The van der Waals surface area contributed by atoms with E-state index in [4.69, 9.17) is 9.84 Å². The topological polar surface area (TPSA) is 78.9 Å². The molecule has 1 fully saturated rings. The number of carboxylic acid groups (broad SMARTS) is 1. The van der Waals surface area contributed by atoms with Crippen LogP contribution in [-0.2, 0) is 9.53 Å². The van der Waals surface area contributed by atoms with Gasteiger partial charge in [-0.2, -0.15) is 0 Å². The van der Waals surface area contributed by atoms with Crippen LogP contribution in [0, 0.1) is 0 Å². The smallest absolute Gasteiger partial charge is 0.334 e. The third-order valence-corrected chi connectivity index (χ3v) is 3.00. The summed E-state index contributed by atoms with van der Waals surface area (Å²) < 4.78 is 4.77. The highest BCUT2D eigenvalue weighted by Crippen LogP contribution is 2.27. The van der Waals surface area contributed by atoms with Crippen LogP contribution in [0.4, 0.5) is 4.79 Å². The molecule has 0 aliphatic heterocycles. The molecule has 0 aromatic heterocycles. The molecule has 1 unspecified atom stereocenters. The number of carboxylic acids is 1. The van der Waals surface area contributed by atoms with E-state index in [9.17, 15) is 9.59 Å². The second-order valence-electron chi connectivity index (χ2n) is 4.53. The molecule has 6 nitrogen and oxygen atoms in total. The molecule has 1 aliphatic rings. The molecule has 18 heavy (non-hydrogen) atoms. The summed E-state index contributed by atoms with van der Waals surface area (Å²) in [6.45, 7) is 2.81. The molecule has 2 amide bonds. The fraction of sp³-hybridized carbons (Fsp3) is 0.833. The molecule has 6 heteroatoms. The molecule has 1 aliphatic carbocycles. The van der Waals surface area contributed by atoms with Gasteiger partial charge in [-0.25, -0.2) is 9.59 Å². The number of unbranched alkanes of at least 4 members (excludes halogenated alkanes) is 1. The lowest BCUT2D eigenvalue weighted by Gasteiger charge is -2.23. The molecule has 0 heterocycles. The van der Waals surface area contributed by atoms with Gasteiger partial charge >= 0.3 is 12.0 Å². The summed E-state index contributed by atoms with van der Waals surface area (Å²) in [5.41, 5.74) is 0. The molecule has 0 saturated heterocycles. The minimum Gasteiger partial charge on any atom is -0.479 e. The number of carbonyl (C=O) groups excluding carboxylic acids is 1. The van der Waals surface area contributed by atoms with Crippen molar-refractivity contribution in [3.8, 4) is 0 Å². The van der Waals surface area contributed by atoms with Gasteiger partial charge in [0, 0.05) is 19.7 Å². The fourth-order valence-corrected chi connectivity index (χ4v) is 1.72. The molecular weight excluding hydrogens is 236 g/mol. The van der Waals surface area contributed by atoms with E-state index in [1.54, 1.807) is 4.90 Å². The highest BCUT2D eigenvalue weighted by atomic mass is 16.5. The van der Waals surface area contributed by atoms with Crippen molar-refractivity contribution < 1.29 is 19.4 Å². The van der Waals surface area contributed by atoms with Gasteiger partial charge in [0.25, 0.3) is 0 Å². The Morgan fingerprint density at radius 3 is 2.61 bits per heavy atom. The van der Waals surface area contributed by atoms with E-state index >= 15 is 0 Å². The molecule has 0 bridgehead atoms. The van der Waals surface area contributed by atoms with E-state index < -0.39 is 12.1 Å². The minimum absolute atomic E-state index is 0.0000116. The Bertz CT molecular complexity index is 292. The summed E-state index contributed by atoms with van der Waals surface area (Å²) in [5.74, 6) is -1.07. The fourth-order valence-electron chi connectivity index (χ4n) is 1.72. The largest absolute Gasteiger partial charge is 0.479 e. The first-order chi connectivity index (χ1) is 8.60. The average molecular weight is 258 g/mol. The van der Waals surface area contributed by atoms with Gasteiger partial charge in [0.05, 0.1) is 6.54 Å². The van der Waals surface area contributed by atoms with Gasteiger partial charge in [0.15, 0.2) is 6.10 Å². The summed E-state index contributed by atoms with van der Waals surface area (Å²) in [6.07, 6.45) is 3.11. The second-order valence-corrected chi connectivity index (χ2v) is 4.53. The number of ether oxygens (including phenoxy) is 1. The van der Waals surface area contributed by atoms with Crippen molar-refractivity contribution in [2.24, 2.45) is 0 Å². The number of hydrogen-bond donors (Lipinski definition) is 2. The highest BCUT2D eigenvalue weighted by molar-refractivity contribution is 5.77. The standard InChI is InChI=1S/C12H22N2O4/c1-3-4-7-14(9-5-6-9)12(17)13-8-10(18-2)11(15)16/h9-10H,3-8H2,1-2H3,(H,13,17)(H,15,16). The molecule has 1 rings (SSSR count). The Labute approximate surface area is 107 Å². The van der Waals surface area contributed by atoms with Crippen LogP contribution in [0.3, 0.4) is 0 Å². The second kappa shape index (κ2) is 7.20. The molecule has 2 N–H and O–H groups in total. The van der Waals surface area contributed by atoms with Crippen LogP contribution in [0.1, 0.15) is 32.6 Å². The number of amides is 2. The number of urea groups is 1. The monoisotopic (exact) mass is 258 g/mol. The summed E-state index contributed by atoms with van der Waals surface area (Å²) in [5, 5.41) is 11.4. The Kier molecular flexibility index (Phi) is 5.91. The number of nitrogens with zero attached hydrogens (tertiary/aromatic N) is 1. The van der Waals surface area contributed by atoms with Crippen LogP contribution in [0.15, 0.2) is 0 Å². The van der Waals surface area contributed by atoms with E-state index in [1.807, 2.05) is 0 Å². The van der Waals surface area contributed by atoms with Crippen molar-refractivity contribution >= 4 is 12.0 Å². The molecule has 1 saturated carbocycles. The maximum Gasteiger partial charge on any atom is 0.334 e. The van der Waals surface area contributed by atoms with Gasteiger partial charge in [0.2, 0.25) is 0 Å². The maximum absolute atomic E-state index is 11.9. The van der Waals surface area contributed by atoms with Crippen LogP contribution in [0.2, 0.25) is 0 Å². The van der Waals surface area contributed by atoms with Gasteiger partial charge < -0.3 is 20.1 Å². The van der Waals surface area contributed by atoms with Crippen molar-refractivity contribution in [1.82, 2.24) is 10.2 Å². The summed E-state index contributed by atoms with van der Waals surface area (Å²) in [6, 6.07) is 0.150. The van der Waals surface area contributed by atoms with Gasteiger partial charge in [-0.05, 0) is 19.3 Å².